The van der Waals surface area contributed by atoms with Gasteiger partial charge in [-0.2, -0.15) is 0 Å². The van der Waals surface area contributed by atoms with Crippen molar-refractivity contribution < 1.29 is 9.53 Å². The van der Waals surface area contributed by atoms with Gasteiger partial charge in [0.2, 0.25) is 6.29 Å². The fraction of sp³-hybridized carbons (Fsp3) is 0.125. The average Bonchev–Trinajstić information content (AvgIpc) is 2.04. The second kappa shape index (κ2) is 3.39. The van der Waals surface area contributed by atoms with E-state index in [0.717, 1.165) is 0 Å². The number of methoxy groups -OCH3 is 1. The molecule has 0 saturated carbocycles. The molecule has 0 heterocycles. The zero-order chi connectivity index (χ0) is 8.27. The van der Waals surface area contributed by atoms with Crippen LogP contribution in [0, 0.1) is 0 Å². The van der Waals surface area contributed by atoms with E-state index in [1.54, 1.807) is 18.4 Å². The van der Waals surface area contributed by atoms with Gasteiger partial charge >= 0.3 is 0 Å². The van der Waals surface area contributed by atoms with Crippen LogP contribution in [-0.2, 0) is 4.79 Å². The molecule has 0 aliphatic rings. The van der Waals surface area contributed by atoms with Crippen LogP contribution >= 0.6 is 11.6 Å². The Morgan fingerprint density at radius 1 is 1.55 bits per heavy atom. The van der Waals surface area contributed by atoms with Gasteiger partial charge < -0.3 is 4.74 Å². The van der Waals surface area contributed by atoms with Crippen molar-refractivity contribution in [2.45, 2.75) is 0 Å². The molecule has 57 valence electrons. The predicted octanol–water partition coefficient (Wildman–Crippen LogP) is 1.81. The van der Waals surface area contributed by atoms with Gasteiger partial charge in [-0.1, -0.05) is 11.6 Å². The van der Waals surface area contributed by atoms with Gasteiger partial charge in [-0.15, -0.1) is 0 Å². The van der Waals surface area contributed by atoms with E-state index in [9.17, 15) is 4.79 Å². The second-order valence-corrected chi connectivity index (χ2v) is 2.36. The molecule has 0 bridgehead atoms. The highest BCUT2D eigenvalue weighted by Gasteiger charge is 2.00. The first-order chi connectivity index (χ1) is 5.27. The summed E-state index contributed by atoms with van der Waals surface area (Å²) in [6, 6.07) is 4.73. The van der Waals surface area contributed by atoms with E-state index >= 15 is 0 Å². The normalized spacial score (nSPS) is 9.27. The summed E-state index contributed by atoms with van der Waals surface area (Å²) in [5, 5.41) is 0.424. The Morgan fingerprint density at radius 3 is 2.73 bits per heavy atom. The Hall–Kier alpha value is -1.02. The van der Waals surface area contributed by atoms with Crippen molar-refractivity contribution in [3.8, 4) is 5.75 Å². The molecule has 0 aliphatic heterocycles. The highest BCUT2D eigenvalue weighted by molar-refractivity contribution is 6.32. The van der Waals surface area contributed by atoms with Crippen molar-refractivity contribution in [2.24, 2.45) is 0 Å². The lowest BCUT2D eigenvalue weighted by Crippen LogP contribution is -1.85. The molecule has 0 aliphatic carbocycles. The van der Waals surface area contributed by atoms with E-state index in [4.69, 9.17) is 16.3 Å². The van der Waals surface area contributed by atoms with E-state index in [0.29, 0.717) is 16.3 Å². The largest absolute Gasteiger partial charge is 0.495 e. The molecule has 3 heteroatoms. The minimum atomic E-state index is 0.424. The molecule has 0 fully saturated rings. The Labute approximate surface area is 69.7 Å². The number of hydrogen-bond donors (Lipinski definition) is 0. The maximum absolute atomic E-state index is 10.1. The summed E-state index contributed by atoms with van der Waals surface area (Å²) in [7, 11) is 1.52. The fourth-order valence-corrected chi connectivity index (χ4v) is 0.988. The highest BCUT2D eigenvalue weighted by Crippen LogP contribution is 2.23. The monoisotopic (exact) mass is 169 g/mol. The molecule has 1 radical (unpaired) electrons. The smallest absolute Gasteiger partial charge is 0.233 e. The Bertz CT molecular complexity index is 271. The van der Waals surface area contributed by atoms with Crippen molar-refractivity contribution in [1.82, 2.24) is 0 Å². The van der Waals surface area contributed by atoms with Gasteiger partial charge in [0.15, 0.2) is 0 Å². The van der Waals surface area contributed by atoms with E-state index in [1.165, 1.54) is 13.2 Å². The van der Waals surface area contributed by atoms with Gasteiger partial charge in [0, 0.05) is 5.56 Å². The number of halogens is 1. The molecule has 0 saturated heterocycles. The van der Waals surface area contributed by atoms with Crippen LogP contribution in [0.4, 0.5) is 0 Å². The minimum Gasteiger partial charge on any atom is -0.495 e. The molecule has 0 aromatic heterocycles. The van der Waals surface area contributed by atoms with E-state index in [2.05, 4.69) is 0 Å². The highest BCUT2D eigenvalue weighted by atomic mass is 35.5. The van der Waals surface area contributed by atoms with E-state index in [-0.39, 0.29) is 0 Å². The maximum atomic E-state index is 10.1. The van der Waals surface area contributed by atoms with Gasteiger partial charge in [-0.25, -0.2) is 0 Å². The molecule has 1 rings (SSSR count). The maximum Gasteiger partial charge on any atom is 0.233 e. The Kier molecular flexibility index (Phi) is 2.49. The summed E-state index contributed by atoms with van der Waals surface area (Å²) in [4.78, 5) is 10.1. The zero-order valence-electron chi connectivity index (χ0n) is 5.93. The van der Waals surface area contributed by atoms with Crippen LogP contribution in [0.25, 0.3) is 0 Å². The first kappa shape index (κ1) is 8.08. The Morgan fingerprint density at radius 2 is 2.27 bits per heavy atom. The van der Waals surface area contributed by atoms with Crippen LogP contribution in [-0.4, -0.2) is 13.4 Å². The predicted molar refractivity (Wildman–Crippen MR) is 42.8 cm³/mol. The van der Waals surface area contributed by atoms with Gasteiger partial charge in [0.05, 0.1) is 12.1 Å². The first-order valence-electron chi connectivity index (χ1n) is 2.99. The lowest BCUT2D eigenvalue weighted by molar-refractivity contribution is 0.415. The summed E-state index contributed by atoms with van der Waals surface area (Å²) >= 11 is 5.70. The van der Waals surface area contributed by atoms with Crippen molar-refractivity contribution in [3.05, 3.63) is 28.8 Å². The van der Waals surface area contributed by atoms with E-state index in [1.807, 2.05) is 0 Å². The molecule has 0 N–H and O–H groups in total. The quantitative estimate of drug-likeness (QED) is 0.675. The third-order valence-electron chi connectivity index (χ3n) is 1.27. The molecule has 0 spiro atoms. The summed E-state index contributed by atoms with van der Waals surface area (Å²) < 4.78 is 4.88. The molecular weight excluding hydrogens is 164 g/mol. The van der Waals surface area contributed by atoms with Crippen LogP contribution in [0.3, 0.4) is 0 Å². The van der Waals surface area contributed by atoms with Gasteiger partial charge in [-0.3, -0.25) is 4.79 Å². The van der Waals surface area contributed by atoms with Crippen molar-refractivity contribution in [1.29, 1.82) is 0 Å². The molecule has 1 aromatic carbocycles. The molecule has 11 heavy (non-hydrogen) atoms. The number of carbonyl (C=O) groups excluding carboxylic acids is 1. The topological polar surface area (TPSA) is 26.3 Å². The molecule has 0 unspecified atom stereocenters. The number of benzene rings is 1. The van der Waals surface area contributed by atoms with Crippen molar-refractivity contribution >= 4 is 17.9 Å². The zero-order valence-corrected chi connectivity index (χ0v) is 6.68. The molecule has 1 aromatic rings. The minimum absolute atomic E-state index is 0.424. The number of ether oxygens (including phenoxy) is 1. The van der Waals surface area contributed by atoms with Gasteiger partial charge in [0.1, 0.15) is 5.75 Å². The summed E-state index contributed by atoms with van der Waals surface area (Å²) in [5.41, 5.74) is 0.427. The lowest BCUT2D eigenvalue weighted by atomic mass is 10.2. The summed E-state index contributed by atoms with van der Waals surface area (Å²) in [5.74, 6) is 0.561. The van der Waals surface area contributed by atoms with Crippen LogP contribution in [0.1, 0.15) is 5.56 Å². The lowest BCUT2D eigenvalue weighted by Gasteiger charge is -2.00. The standard InChI is InChI=1S/C8H6ClO2/c1-11-8-3-2-6(5-10)4-7(8)9/h2-4H,1H3. The van der Waals surface area contributed by atoms with Crippen molar-refractivity contribution in [3.63, 3.8) is 0 Å². The van der Waals surface area contributed by atoms with Crippen LogP contribution in [0.15, 0.2) is 18.2 Å². The van der Waals surface area contributed by atoms with Gasteiger partial charge in [-0.05, 0) is 18.2 Å². The second-order valence-electron chi connectivity index (χ2n) is 1.95. The third kappa shape index (κ3) is 1.71. The molecule has 0 amide bonds. The molecular formula is C8H6ClO2. The van der Waals surface area contributed by atoms with Crippen LogP contribution in [0.5, 0.6) is 5.75 Å². The number of hydrogen-bond acceptors (Lipinski definition) is 2. The first-order valence-corrected chi connectivity index (χ1v) is 3.37. The SMILES string of the molecule is COc1ccc([C]=O)cc1Cl. The summed E-state index contributed by atoms with van der Waals surface area (Å²) in [6.07, 6.45) is 1.73. The average molecular weight is 170 g/mol. The molecule has 2 nitrogen and oxygen atoms in total. The van der Waals surface area contributed by atoms with Crippen LogP contribution in [0.2, 0.25) is 5.02 Å². The van der Waals surface area contributed by atoms with Crippen molar-refractivity contribution in [2.75, 3.05) is 7.11 Å². The molecule has 0 atom stereocenters. The van der Waals surface area contributed by atoms with E-state index < -0.39 is 0 Å². The number of rotatable bonds is 2. The summed E-state index contributed by atoms with van der Waals surface area (Å²) in [6.45, 7) is 0. The van der Waals surface area contributed by atoms with Gasteiger partial charge in [0.25, 0.3) is 0 Å². The Balaban J connectivity index is 3.09. The third-order valence-corrected chi connectivity index (χ3v) is 1.57. The van der Waals surface area contributed by atoms with Crippen LogP contribution < -0.4 is 4.74 Å². The fourth-order valence-electron chi connectivity index (χ4n) is 0.730.